The van der Waals surface area contributed by atoms with Crippen molar-refractivity contribution < 1.29 is 9.31 Å². The first-order valence-corrected chi connectivity index (χ1v) is 9.03. The Balaban J connectivity index is 1.58. The fraction of sp³-hybridized carbons (Fsp3) is 0.632. The van der Waals surface area contributed by atoms with E-state index in [1.165, 1.54) is 19.3 Å². The summed E-state index contributed by atoms with van der Waals surface area (Å²) < 4.78 is 11.9. The number of nitrogens with zero attached hydrogens (tertiary/aromatic N) is 1. The van der Waals surface area contributed by atoms with Gasteiger partial charge in [-0.05, 0) is 64.2 Å². The quantitative estimate of drug-likeness (QED) is 0.836. The Morgan fingerprint density at radius 2 is 1.88 bits per heavy atom. The van der Waals surface area contributed by atoms with Crippen LogP contribution in [-0.2, 0) is 9.31 Å². The second-order valence-corrected chi connectivity index (χ2v) is 8.12. The molecule has 0 spiro atoms. The predicted octanol–water partition coefficient (Wildman–Crippen LogP) is 4.33. The molecule has 3 rings (SSSR count). The zero-order valence-corrected chi connectivity index (χ0v) is 15.5. The minimum absolute atomic E-state index is 0.300. The molecular weight excluding hydrogens is 299 g/mol. The Hall–Kier alpha value is -1.33. The van der Waals surface area contributed by atoms with Crippen LogP contribution in [0.25, 0.3) is 6.08 Å². The van der Waals surface area contributed by atoms with E-state index in [-0.39, 0.29) is 18.3 Å². The molecule has 5 heteroatoms. The van der Waals surface area contributed by atoms with Gasteiger partial charge in [0.1, 0.15) is 5.82 Å². The molecule has 2 atom stereocenters. The molecule has 0 aromatic carbocycles. The van der Waals surface area contributed by atoms with Crippen molar-refractivity contribution in [3.8, 4) is 0 Å². The Bertz CT molecular complexity index is 582. The maximum absolute atomic E-state index is 5.97. The number of rotatable bonds is 4. The molecule has 1 unspecified atom stereocenters. The summed E-state index contributed by atoms with van der Waals surface area (Å²) >= 11 is 0. The number of hydrogen-bond acceptors (Lipinski definition) is 4. The Morgan fingerprint density at radius 3 is 2.42 bits per heavy atom. The summed E-state index contributed by atoms with van der Waals surface area (Å²) in [4.78, 5) is 4.54. The van der Waals surface area contributed by atoms with Gasteiger partial charge < -0.3 is 14.6 Å². The van der Waals surface area contributed by atoms with Crippen molar-refractivity contribution in [3.63, 3.8) is 0 Å². The average molecular weight is 328 g/mol. The molecule has 1 N–H and O–H groups in total. The van der Waals surface area contributed by atoms with Gasteiger partial charge >= 0.3 is 7.12 Å². The minimum Gasteiger partial charge on any atom is -0.400 e. The van der Waals surface area contributed by atoms with Crippen molar-refractivity contribution in [2.45, 2.75) is 71.1 Å². The van der Waals surface area contributed by atoms with Gasteiger partial charge in [-0.1, -0.05) is 25.4 Å². The van der Waals surface area contributed by atoms with Gasteiger partial charge in [-0.15, -0.1) is 0 Å². The fourth-order valence-corrected chi connectivity index (χ4v) is 3.30. The minimum atomic E-state index is -0.313. The van der Waals surface area contributed by atoms with Crippen LogP contribution >= 0.6 is 0 Å². The van der Waals surface area contributed by atoms with Gasteiger partial charge in [0.25, 0.3) is 0 Å². The molecule has 2 fully saturated rings. The third-order valence-electron chi connectivity index (χ3n) is 5.70. The largest absolute Gasteiger partial charge is 0.487 e. The highest BCUT2D eigenvalue weighted by Crippen LogP contribution is 2.37. The molecule has 0 bridgehead atoms. The van der Waals surface area contributed by atoms with E-state index in [1.54, 1.807) is 0 Å². The van der Waals surface area contributed by atoms with Gasteiger partial charge in [-0.2, -0.15) is 0 Å². The van der Waals surface area contributed by atoms with Crippen molar-refractivity contribution in [2.24, 2.45) is 5.92 Å². The van der Waals surface area contributed by atoms with E-state index < -0.39 is 0 Å². The number of aromatic nitrogens is 1. The lowest BCUT2D eigenvalue weighted by atomic mass is 9.89. The number of hydrogen-bond donors (Lipinski definition) is 1. The summed E-state index contributed by atoms with van der Waals surface area (Å²) in [5.74, 6) is 3.65. The molecular formula is C19H29BN2O2. The van der Waals surface area contributed by atoms with Gasteiger partial charge in [0, 0.05) is 12.2 Å². The van der Waals surface area contributed by atoms with Crippen molar-refractivity contribution in [2.75, 3.05) is 5.32 Å². The van der Waals surface area contributed by atoms with E-state index >= 15 is 0 Å². The summed E-state index contributed by atoms with van der Waals surface area (Å²) in [6, 6.07) is 4.69. The third-order valence-corrected chi connectivity index (χ3v) is 5.70. The number of anilines is 1. The first-order valence-electron chi connectivity index (χ1n) is 9.03. The Labute approximate surface area is 146 Å². The molecule has 0 radical (unpaired) electrons. The van der Waals surface area contributed by atoms with Crippen LogP contribution in [0, 0.1) is 5.92 Å². The van der Waals surface area contributed by atoms with Crippen LogP contribution in [0.1, 0.15) is 59.4 Å². The molecule has 24 heavy (non-hydrogen) atoms. The van der Waals surface area contributed by atoms with E-state index in [9.17, 15) is 0 Å². The summed E-state index contributed by atoms with van der Waals surface area (Å²) in [7, 11) is -0.313. The van der Waals surface area contributed by atoms with Crippen LogP contribution in [0.4, 0.5) is 5.82 Å². The first-order chi connectivity index (χ1) is 11.3. The number of pyridine rings is 1. The molecule has 1 aliphatic carbocycles. The molecule has 130 valence electrons. The van der Waals surface area contributed by atoms with Gasteiger partial charge in [-0.25, -0.2) is 4.98 Å². The second-order valence-electron chi connectivity index (χ2n) is 8.12. The standard InChI is InChI=1S/C19H29BN2O2/c1-14-7-6-8-16(14)22-17-10-9-15(13-21-17)11-12-20-23-18(2,3)19(4,5)24-20/h9-14,16H,6-8H2,1-5H3,(H,21,22)/b12-11+/t14-,16?/m1/s1. The second kappa shape index (κ2) is 6.53. The van der Waals surface area contributed by atoms with Crippen LogP contribution in [-0.4, -0.2) is 29.3 Å². The van der Waals surface area contributed by atoms with Crippen LogP contribution < -0.4 is 5.32 Å². The zero-order chi connectivity index (χ0) is 17.4. The van der Waals surface area contributed by atoms with Crippen LogP contribution in [0.5, 0.6) is 0 Å². The molecule has 2 aliphatic rings. The molecule has 4 nitrogen and oxygen atoms in total. The van der Waals surface area contributed by atoms with Gasteiger partial charge in [0.05, 0.1) is 11.2 Å². The van der Waals surface area contributed by atoms with Crippen molar-refractivity contribution >= 4 is 19.0 Å². The average Bonchev–Trinajstić information content (AvgIpc) is 2.99. The van der Waals surface area contributed by atoms with Crippen LogP contribution in [0.3, 0.4) is 0 Å². The molecule has 1 saturated carbocycles. The van der Waals surface area contributed by atoms with E-state index in [0.29, 0.717) is 6.04 Å². The fourth-order valence-electron chi connectivity index (χ4n) is 3.30. The molecule has 2 heterocycles. The smallest absolute Gasteiger partial charge is 0.400 e. The highest BCUT2D eigenvalue weighted by atomic mass is 16.7. The van der Waals surface area contributed by atoms with Gasteiger partial charge in [-0.3, -0.25) is 0 Å². The zero-order valence-electron chi connectivity index (χ0n) is 15.5. The van der Waals surface area contributed by atoms with E-state index in [0.717, 1.165) is 17.3 Å². The van der Waals surface area contributed by atoms with Crippen molar-refractivity contribution in [1.82, 2.24) is 4.98 Å². The highest BCUT2D eigenvalue weighted by molar-refractivity contribution is 6.52. The summed E-state index contributed by atoms with van der Waals surface area (Å²) in [6.45, 7) is 10.6. The SMILES string of the molecule is C[C@@H]1CCCC1Nc1ccc(/C=C/B2OC(C)(C)C(C)(C)O2)cn1. The van der Waals surface area contributed by atoms with E-state index in [2.05, 4.69) is 57.1 Å². The Kier molecular flexibility index (Phi) is 4.76. The van der Waals surface area contributed by atoms with Crippen LogP contribution in [0.2, 0.25) is 0 Å². The highest BCUT2D eigenvalue weighted by Gasteiger charge is 2.49. The van der Waals surface area contributed by atoms with Gasteiger partial charge in [0.15, 0.2) is 0 Å². The summed E-state index contributed by atoms with van der Waals surface area (Å²) in [5.41, 5.74) is 0.451. The normalized spacial score (nSPS) is 28.6. The van der Waals surface area contributed by atoms with Crippen molar-refractivity contribution in [1.29, 1.82) is 0 Å². The molecule has 1 aromatic heterocycles. The lowest BCUT2D eigenvalue weighted by Crippen LogP contribution is -2.41. The van der Waals surface area contributed by atoms with E-state index in [1.807, 2.05) is 18.2 Å². The summed E-state index contributed by atoms with van der Waals surface area (Å²) in [5, 5.41) is 3.55. The molecule has 1 aromatic rings. The molecule has 1 saturated heterocycles. The topological polar surface area (TPSA) is 43.4 Å². The maximum atomic E-state index is 5.97. The Morgan fingerprint density at radius 1 is 1.17 bits per heavy atom. The van der Waals surface area contributed by atoms with E-state index in [4.69, 9.17) is 9.31 Å². The van der Waals surface area contributed by atoms with Crippen LogP contribution in [0.15, 0.2) is 24.3 Å². The monoisotopic (exact) mass is 328 g/mol. The molecule has 0 amide bonds. The first kappa shape index (κ1) is 17.5. The maximum Gasteiger partial charge on any atom is 0.487 e. The summed E-state index contributed by atoms with van der Waals surface area (Å²) in [6.07, 6.45) is 7.77. The lowest BCUT2D eigenvalue weighted by molar-refractivity contribution is 0.00578. The van der Waals surface area contributed by atoms with Gasteiger partial charge in [0.2, 0.25) is 0 Å². The number of nitrogens with one attached hydrogen (secondary N) is 1. The third kappa shape index (κ3) is 3.67. The molecule has 1 aliphatic heterocycles. The van der Waals surface area contributed by atoms with Crippen molar-refractivity contribution in [3.05, 3.63) is 29.9 Å². The lowest BCUT2D eigenvalue weighted by Gasteiger charge is -2.32. The predicted molar refractivity (Wildman–Crippen MR) is 99.8 cm³/mol.